The van der Waals surface area contributed by atoms with Gasteiger partial charge in [-0.1, -0.05) is 49.2 Å². The number of aliphatic hydroxyl groups is 2. The Balaban J connectivity index is 1.50. The van der Waals surface area contributed by atoms with Crippen molar-refractivity contribution in [2.24, 2.45) is 0 Å². The van der Waals surface area contributed by atoms with Gasteiger partial charge in [-0.2, -0.15) is 0 Å². The highest BCUT2D eigenvalue weighted by molar-refractivity contribution is 5.36. The first-order valence-electron chi connectivity index (χ1n) is 12.3. The molecular weight excluding hydrogens is 378 g/mol. The van der Waals surface area contributed by atoms with Crippen LogP contribution in [0.5, 0.6) is 5.75 Å². The molecule has 0 spiro atoms. The van der Waals surface area contributed by atoms with Gasteiger partial charge in [0, 0.05) is 25.3 Å². The van der Waals surface area contributed by atoms with Gasteiger partial charge in [-0.3, -0.25) is 0 Å². The molecule has 2 rings (SSSR count). The minimum Gasteiger partial charge on any atom is -0.508 e. The molecule has 0 saturated heterocycles. The van der Waals surface area contributed by atoms with Gasteiger partial charge in [0.1, 0.15) is 5.75 Å². The third-order valence-corrected chi connectivity index (χ3v) is 4.98. The van der Waals surface area contributed by atoms with Crippen LogP contribution >= 0.6 is 0 Å². The van der Waals surface area contributed by atoms with Crippen molar-refractivity contribution in [3.8, 4) is 5.75 Å². The van der Waals surface area contributed by atoms with Crippen LogP contribution in [0.15, 0.2) is 48.5 Å². The quantitative estimate of drug-likeness (QED) is 0.309. The highest BCUT2D eigenvalue weighted by atomic mass is 16.5. The molecule has 2 aromatic rings. The third kappa shape index (κ3) is 9.72. The lowest BCUT2D eigenvalue weighted by Crippen LogP contribution is -2.22. The van der Waals surface area contributed by atoms with E-state index < -0.39 is 18.4 Å². The fraction of sp³-hybridized carbons (Fsp3) is 0.520. The van der Waals surface area contributed by atoms with Gasteiger partial charge in [0.05, 0.1) is 16.8 Å². The molecule has 30 heavy (non-hydrogen) atoms. The number of hydrogen-bond acceptors (Lipinski definition) is 5. The molecule has 1 atom stereocenters. The Morgan fingerprint density at radius 2 is 1.70 bits per heavy atom. The molecule has 0 aromatic heterocycles. The SMILES string of the molecule is [2H]C([2H])(O)c1cc(C([2H])(O)CNCCCCCCOCCCCc2ccccc2)ccc1O. The molecule has 4 N–H and O–H groups in total. The number of aromatic hydroxyl groups is 1. The van der Waals surface area contributed by atoms with Crippen LogP contribution in [0, 0.1) is 0 Å². The van der Waals surface area contributed by atoms with Crippen molar-refractivity contribution in [1.29, 1.82) is 0 Å². The third-order valence-electron chi connectivity index (χ3n) is 4.98. The lowest BCUT2D eigenvalue weighted by atomic mass is 10.1. The summed E-state index contributed by atoms with van der Waals surface area (Å²) in [5.41, 5.74) is 1.10. The molecular formula is C25H37NO4. The number of phenols is 1. The number of nitrogens with one attached hydrogen (secondary N) is 1. The number of aryl methyl sites for hydroxylation is 1. The van der Waals surface area contributed by atoms with E-state index in [-0.39, 0.29) is 17.7 Å². The predicted molar refractivity (Wildman–Crippen MR) is 121 cm³/mol. The maximum absolute atomic E-state index is 10.4. The van der Waals surface area contributed by atoms with Crippen molar-refractivity contribution < 1.29 is 24.2 Å². The van der Waals surface area contributed by atoms with E-state index in [1.165, 1.54) is 17.7 Å². The molecule has 0 radical (unpaired) electrons. The summed E-state index contributed by atoms with van der Waals surface area (Å²) < 4.78 is 28.5. The first kappa shape index (κ1) is 20.0. The van der Waals surface area contributed by atoms with E-state index in [9.17, 15) is 15.3 Å². The van der Waals surface area contributed by atoms with Crippen molar-refractivity contribution in [2.45, 2.75) is 57.6 Å². The molecule has 0 aliphatic rings. The molecule has 0 fully saturated rings. The molecule has 0 bridgehead atoms. The number of unbranched alkanes of at least 4 members (excludes halogenated alkanes) is 4. The molecule has 0 amide bonds. The molecule has 5 nitrogen and oxygen atoms in total. The van der Waals surface area contributed by atoms with Crippen LogP contribution in [-0.2, 0) is 17.7 Å². The first-order valence-corrected chi connectivity index (χ1v) is 10.8. The maximum atomic E-state index is 10.4. The van der Waals surface area contributed by atoms with Crippen LogP contribution in [-0.4, -0.2) is 41.6 Å². The van der Waals surface area contributed by atoms with Gasteiger partial charge in [0.15, 0.2) is 0 Å². The second kappa shape index (κ2) is 15.0. The summed E-state index contributed by atoms with van der Waals surface area (Å²) in [5.74, 6) is -0.425. The van der Waals surface area contributed by atoms with Gasteiger partial charge in [-0.25, -0.2) is 0 Å². The van der Waals surface area contributed by atoms with E-state index >= 15 is 0 Å². The van der Waals surface area contributed by atoms with Crippen LogP contribution < -0.4 is 5.32 Å². The van der Waals surface area contributed by atoms with Crippen molar-refractivity contribution in [2.75, 3.05) is 26.3 Å². The zero-order valence-corrected chi connectivity index (χ0v) is 17.6. The summed E-state index contributed by atoms with van der Waals surface area (Å²) in [6.07, 6.45) is 5.31. The highest BCUT2D eigenvalue weighted by Gasteiger charge is 2.09. The van der Waals surface area contributed by atoms with Gasteiger partial charge in [-0.15, -0.1) is 0 Å². The van der Waals surface area contributed by atoms with E-state index in [0.717, 1.165) is 64.2 Å². The monoisotopic (exact) mass is 418 g/mol. The predicted octanol–water partition coefficient (Wildman–Crippen LogP) is 4.11. The minimum absolute atomic E-state index is 0.0439. The zero-order valence-electron chi connectivity index (χ0n) is 20.6. The Bertz CT molecular complexity index is 813. The number of hydrogen-bond donors (Lipinski definition) is 4. The summed E-state index contributed by atoms with van der Waals surface area (Å²) in [6.45, 7) is -0.583. The lowest BCUT2D eigenvalue weighted by molar-refractivity contribution is 0.126. The highest BCUT2D eigenvalue weighted by Crippen LogP contribution is 2.22. The molecule has 1 unspecified atom stereocenters. The smallest absolute Gasteiger partial charge is 0.121 e. The van der Waals surface area contributed by atoms with Crippen LogP contribution in [0.25, 0.3) is 0 Å². The minimum atomic E-state index is -2.75. The normalized spacial score (nSPS) is 15.2. The van der Waals surface area contributed by atoms with Crippen molar-refractivity contribution in [1.82, 2.24) is 5.32 Å². The summed E-state index contributed by atoms with van der Waals surface area (Å²) in [7, 11) is 0. The van der Waals surface area contributed by atoms with Gasteiger partial charge in [0.25, 0.3) is 0 Å². The van der Waals surface area contributed by atoms with Crippen molar-refractivity contribution >= 4 is 0 Å². The molecule has 0 heterocycles. The van der Waals surface area contributed by atoms with Crippen LogP contribution in [0.4, 0.5) is 0 Å². The van der Waals surface area contributed by atoms with Gasteiger partial charge in [0.2, 0.25) is 0 Å². The van der Waals surface area contributed by atoms with Gasteiger partial charge < -0.3 is 25.4 Å². The summed E-state index contributed by atoms with van der Waals surface area (Å²) in [5, 5.41) is 32.6. The standard InChI is InChI=1S/C25H37NO4/c27-20-23-18-22(13-14-24(23)28)25(29)19-26-15-7-1-2-8-16-30-17-9-6-12-21-10-4-3-5-11-21/h3-5,10-11,13-14,18,25-29H,1-2,6-9,12,15-17,19-20H2/i20D2,25D. The van der Waals surface area contributed by atoms with E-state index in [0.29, 0.717) is 6.54 Å². The van der Waals surface area contributed by atoms with Crippen LogP contribution in [0.2, 0.25) is 0 Å². The number of benzene rings is 2. The average molecular weight is 419 g/mol. The second-order valence-corrected chi connectivity index (χ2v) is 7.44. The van der Waals surface area contributed by atoms with Crippen LogP contribution in [0.1, 0.15) is 65.4 Å². The summed E-state index contributed by atoms with van der Waals surface area (Å²) in [6, 6.07) is 14.1. The fourth-order valence-corrected chi connectivity index (χ4v) is 3.20. The lowest BCUT2D eigenvalue weighted by Gasteiger charge is -2.14. The zero-order chi connectivity index (χ0) is 24.2. The largest absolute Gasteiger partial charge is 0.508 e. The van der Waals surface area contributed by atoms with E-state index in [4.69, 9.17) is 8.85 Å². The maximum Gasteiger partial charge on any atom is 0.121 e. The number of rotatable bonds is 16. The Labute approximate surface area is 184 Å². The topological polar surface area (TPSA) is 82.0 Å². The first-order chi connectivity index (χ1) is 15.7. The van der Waals surface area contributed by atoms with E-state index in [2.05, 4.69) is 29.6 Å². The average Bonchev–Trinajstić information content (AvgIpc) is 2.77. The summed E-state index contributed by atoms with van der Waals surface area (Å²) in [4.78, 5) is 0. The van der Waals surface area contributed by atoms with E-state index in [1.807, 2.05) is 6.07 Å². The Kier molecular flexibility index (Phi) is 9.98. The molecule has 0 aliphatic heterocycles. The van der Waals surface area contributed by atoms with Crippen LogP contribution in [0.3, 0.4) is 0 Å². The Morgan fingerprint density at radius 1 is 0.967 bits per heavy atom. The van der Waals surface area contributed by atoms with Crippen molar-refractivity contribution in [3.63, 3.8) is 0 Å². The van der Waals surface area contributed by atoms with Gasteiger partial charge >= 0.3 is 0 Å². The second-order valence-electron chi connectivity index (χ2n) is 7.44. The Morgan fingerprint density at radius 3 is 2.47 bits per heavy atom. The van der Waals surface area contributed by atoms with Crippen molar-refractivity contribution in [3.05, 3.63) is 65.2 Å². The molecule has 166 valence electrons. The number of ether oxygens (including phenoxy) is 1. The van der Waals surface area contributed by atoms with E-state index in [1.54, 1.807) is 0 Å². The molecule has 5 heteroatoms. The molecule has 0 aliphatic carbocycles. The fourth-order valence-electron chi connectivity index (χ4n) is 3.20. The van der Waals surface area contributed by atoms with Gasteiger partial charge in [-0.05, 0) is 61.9 Å². The molecule has 0 saturated carbocycles. The Hall–Kier alpha value is -1.92. The summed E-state index contributed by atoms with van der Waals surface area (Å²) >= 11 is 0. The molecule has 2 aromatic carbocycles.